The molecular formula is C27H24NO3PS. The third-order valence-electron chi connectivity index (χ3n) is 5.68. The van der Waals surface area contributed by atoms with Gasteiger partial charge in [0.2, 0.25) is 0 Å². The number of aryl methyl sites for hydroxylation is 2. The fraction of sp³-hybridized carbons (Fsp3) is 0.111. The van der Waals surface area contributed by atoms with Crippen LogP contribution in [0.3, 0.4) is 0 Å². The molecule has 5 rings (SSSR count). The first kappa shape index (κ1) is 21.7. The molecule has 0 aliphatic rings. The van der Waals surface area contributed by atoms with Gasteiger partial charge in [0.05, 0.1) is 11.0 Å². The normalized spacial score (nSPS) is 13.2. The number of para-hydroxylation sites is 1. The Morgan fingerprint density at radius 1 is 0.909 bits per heavy atom. The molecule has 166 valence electrons. The average molecular weight is 474 g/mol. The predicted octanol–water partition coefficient (Wildman–Crippen LogP) is 8.02. The highest BCUT2D eigenvalue weighted by Crippen LogP contribution is 2.47. The minimum absolute atomic E-state index is 0.693. The van der Waals surface area contributed by atoms with E-state index in [2.05, 4.69) is 35.4 Å². The van der Waals surface area contributed by atoms with Crippen molar-refractivity contribution in [3.05, 3.63) is 95.4 Å². The predicted molar refractivity (Wildman–Crippen MR) is 139 cm³/mol. The molecule has 1 N–H and O–H groups in total. The largest absolute Gasteiger partial charge is 0.456 e. The maximum absolute atomic E-state index is 13.6. The van der Waals surface area contributed by atoms with Crippen LogP contribution in [0.5, 0.6) is 0 Å². The van der Waals surface area contributed by atoms with E-state index in [1.165, 1.54) is 7.11 Å². The van der Waals surface area contributed by atoms with Crippen molar-refractivity contribution in [2.24, 2.45) is 0 Å². The number of hydrogen-bond acceptors (Lipinski definition) is 4. The molecule has 0 bridgehead atoms. The second-order valence-corrected chi connectivity index (χ2v) is 11.1. The molecule has 3 aromatic carbocycles. The minimum Gasteiger partial charge on any atom is -0.456 e. The van der Waals surface area contributed by atoms with Crippen LogP contribution in [0.25, 0.3) is 32.7 Å². The molecule has 2 aromatic heterocycles. The van der Waals surface area contributed by atoms with Gasteiger partial charge in [-0.1, -0.05) is 60.2 Å². The van der Waals surface area contributed by atoms with Crippen LogP contribution in [0, 0.1) is 13.8 Å². The lowest BCUT2D eigenvalue weighted by Crippen LogP contribution is -2.16. The molecule has 5 aromatic rings. The molecule has 0 saturated heterocycles. The van der Waals surface area contributed by atoms with E-state index >= 15 is 0 Å². The summed E-state index contributed by atoms with van der Waals surface area (Å²) in [5, 5.41) is 6.91. The van der Waals surface area contributed by atoms with Crippen molar-refractivity contribution in [1.82, 2.24) is 0 Å². The molecule has 0 fully saturated rings. The van der Waals surface area contributed by atoms with Crippen LogP contribution < -0.4 is 10.4 Å². The molecule has 0 spiro atoms. The molecule has 0 aliphatic heterocycles. The third kappa shape index (κ3) is 4.28. The molecule has 0 radical (unpaired) electrons. The van der Waals surface area contributed by atoms with E-state index in [0.717, 1.165) is 49.5 Å². The number of nitrogens with one attached hydrogen (secondary N) is 1. The van der Waals surface area contributed by atoms with E-state index in [0.29, 0.717) is 5.30 Å². The average Bonchev–Trinajstić information content (AvgIpc) is 3.46. The summed E-state index contributed by atoms with van der Waals surface area (Å²) in [4.78, 5) is 1.08. The van der Waals surface area contributed by atoms with Crippen molar-refractivity contribution < 1.29 is 13.5 Å². The molecule has 4 nitrogen and oxygen atoms in total. The van der Waals surface area contributed by atoms with Gasteiger partial charge in [0.1, 0.15) is 11.3 Å². The zero-order valence-corrected chi connectivity index (χ0v) is 20.4. The lowest BCUT2D eigenvalue weighted by atomic mass is 10.1. The molecule has 6 heteroatoms. The Bertz CT molecular complexity index is 1450. The summed E-state index contributed by atoms with van der Waals surface area (Å²) in [6.07, 6.45) is 0. The number of fused-ring (bicyclic) bond motifs is 1. The van der Waals surface area contributed by atoms with Crippen molar-refractivity contribution in [3.8, 4) is 21.8 Å². The van der Waals surface area contributed by atoms with Crippen molar-refractivity contribution >= 4 is 40.8 Å². The summed E-state index contributed by atoms with van der Waals surface area (Å²) in [6, 6.07) is 26.2. The Balaban J connectivity index is 1.38. The van der Waals surface area contributed by atoms with Crippen LogP contribution in [-0.2, 0) is 9.09 Å². The van der Waals surface area contributed by atoms with Gasteiger partial charge in [-0.05, 0) is 49.2 Å². The molecule has 33 heavy (non-hydrogen) atoms. The second kappa shape index (κ2) is 8.68. The second-order valence-electron chi connectivity index (χ2n) is 8.06. The first-order valence-corrected chi connectivity index (χ1v) is 13.2. The van der Waals surface area contributed by atoms with Crippen LogP contribution in [-0.4, -0.2) is 7.11 Å². The standard InChI is InChI=1S/C27H24NO3PS/c1-18-8-13-26(19(2)14-18)32(29,30-3)28-23-16-27(33-17-23)21-11-9-20(10-12-21)25-15-22-6-4-5-7-24(22)31-25/h4-17H,1-3H3,(H,28,29). The summed E-state index contributed by atoms with van der Waals surface area (Å²) in [5.74, 6) is 0.853. The summed E-state index contributed by atoms with van der Waals surface area (Å²) in [5.41, 5.74) is 5.86. The number of rotatable bonds is 6. The summed E-state index contributed by atoms with van der Waals surface area (Å²) in [6.45, 7) is 3.98. The fourth-order valence-electron chi connectivity index (χ4n) is 3.98. The number of hydrogen-bond donors (Lipinski definition) is 1. The zero-order chi connectivity index (χ0) is 23.0. The fourth-order valence-corrected chi connectivity index (χ4v) is 6.59. The van der Waals surface area contributed by atoms with E-state index in [1.807, 2.05) is 67.8 Å². The number of furan rings is 1. The third-order valence-corrected chi connectivity index (χ3v) is 8.86. The Hall–Kier alpha value is -3.11. The highest BCUT2D eigenvalue weighted by molar-refractivity contribution is 7.68. The molecule has 0 saturated carbocycles. The zero-order valence-electron chi connectivity index (χ0n) is 18.7. The monoisotopic (exact) mass is 473 g/mol. The minimum atomic E-state index is -3.23. The van der Waals surface area contributed by atoms with Gasteiger partial charge in [-0.15, -0.1) is 11.3 Å². The van der Waals surface area contributed by atoms with Crippen LogP contribution in [0.4, 0.5) is 5.69 Å². The maximum atomic E-state index is 13.6. The Labute approximate surface area is 197 Å². The van der Waals surface area contributed by atoms with E-state index in [1.54, 1.807) is 11.3 Å². The van der Waals surface area contributed by atoms with E-state index < -0.39 is 7.52 Å². The van der Waals surface area contributed by atoms with Crippen molar-refractivity contribution in [2.75, 3.05) is 12.2 Å². The molecule has 0 amide bonds. The van der Waals surface area contributed by atoms with Gasteiger partial charge < -0.3 is 14.0 Å². The van der Waals surface area contributed by atoms with Gasteiger partial charge in [0.15, 0.2) is 0 Å². The number of thiophene rings is 1. The van der Waals surface area contributed by atoms with Crippen LogP contribution in [0.1, 0.15) is 11.1 Å². The SMILES string of the molecule is COP(=O)(Nc1csc(-c2ccc(-c3cc4ccccc4o3)cc2)c1)c1ccc(C)cc1C. The van der Waals surface area contributed by atoms with Crippen LogP contribution >= 0.6 is 18.9 Å². The Morgan fingerprint density at radius 3 is 2.39 bits per heavy atom. The lowest BCUT2D eigenvalue weighted by Gasteiger charge is -2.20. The van der Waals surface area contributed by atoms with Crippen molar-refractivity contribution in [3.63, 3.8) is 0 Å². The van der Waals surface area contributed by atoms with Crippen LogP contribution in [0.2, 0.25) is 0 Å². The topological polar surface area (TPSA) is 51.5 Å². The Kier molecular flexibility index (Phi) is 5.71. The maximum Gasteiger partial charge on any atom is 0.323 e. The van der Waals surface area contributed by atoms with Gasteiger partial charge in [0, 0.05) is 28.3 Å². The van der Waals surface area contributed by atoms with E-state index in [-0.39, 0.29) is 0 Å². The van der Waals surface area contributed by atoms with Gasteiger partial charge in [-0.3, -0.25) is 4.57 Å². The van der Waals surface area contributed by atoms with Gasteiger partial charge in [-0.25, -0.2) is 0 Å². The smallest absolute Gasteiger partial charge is 0.323 e. The van der Waals surface area contributed by atoms with Crippen molar-refractivity contribution in [1.29, 1.82) is 0 Å². The highest BCUT2D eigenvalue weighted by Gasteiger charge is 2.27. The number of benzene rings is 3. The molecule has 1 unspecified atom stereocenters. The van der Waals surface area contributed by atoms with Gasteiger partial charge in [0.25, 0.3) is 0 Å². The Morgan fingerprint density at radius 2 is 1.67 bits per heavy atom. The molecule has 1 atom stereocenters. The lowest BCUT2D eigenvalue weighted by molar-refractivity contribution is 0.407. The van der Waals surface area contributed by atoms with E-state index in [9.17, 15) is 4.57 Å². The van der Waals surface area contributed by atoms with E-state index in [4.69, 9.17) is 8.94 Å². The summed E-state index contributed by atoms with van der Waals surface area (Å²) < 4.78 is 25.0. The number of anilines is 1. The summed E-state index contributed by atoms with van der Waals surface area (Å²) in [7, 11) is -1.75. The summed E-state index contributed by atoms with van der Waals surface area (Å²) >= 11 is 1.60. The van der Waals surface area contributed by atoms with Gasteiger partial charge >= 0.3 is 7.52 Å². The highest BCUT2D eigenvalue weighted by atomic mass is 32.1. The quantitative estimate of drug-likeness (QED) is 0.254. The van der Waals surface area contributed by atoms with Crippen molar-refractivity contribution in [2.45, 2.75) is 13.8 Å². The first-order chi connectivity index (χ1) is 15.9. The van der Waals surface area contributed by atoms with Gasteiger partial charge in [-0.2, -0.15) is 0 Å². The molecule has 0 aliphatic carbocycles. The molecule has 2 heterocycles. The van der Waals surface area contributed by atoms with Crippen LogP contribution in [0.15, 0.2) is 88.7 Å². The molecular weight excluding hydrogens is 449 g/mol. The first-order valence-electron chi connectivity index (χ1n) is 10.6.